The lowest BCUT2D eigenvalue weighted by Gasteiger charge is -2.11. The van der Waals surface area contributed by atoms with Crippen molar-refractivity contribution in [2.24, 2.45) is 10.1 Å². The molecule has 1 amide bonds. The summed E-state index contributed by atoms with van der Waals surface area (Å²) in [6.07, 6.45) is 2.98. The van der Waals surface area contributed by atoms with Crippen molar-refractivity contribution in [1.29, 1.82) is 0 Å². The fraction of sp³-hybridized carbons (Fsp3) is 0. The van der Waals surface area contributed by atoms with Crippen molar-refractivity contribution < 1.29 is 9.72 Å². The van der Waals surface area contributed by atoms with E-state index in [9.17, 15) is 14.9 Å². The topological polar surface area (TPSA) is 88.2 Å². The lowest BCUT2D eigenvalue weighted by molar-refractivity contribution is -0.385. The summed E-state index contributed by atoms with van der Waals surface area (Å²) in [5.74, 6) is -0.117. The van der Waals surface area contributed by atoms with Gasteiger partial charge < -0.3 is 0 Å². The van der Waals surface area contributed by atoms with Gasteiger partial charge in [0.05, 0.1) is 16.7 Å². The number of para-hydroxylation sites is 1. The maximum Gasteiger partial charge on any atom is 0.298 e. The molecule has 0 unspecified atom stereocenters. The SMILES string of the molecule is O=C1/C(=C\c2ccccc2[N+](=O)[O-])N=C(c2ccccc2)N1/N=C/c1ccc(Br)cc1. The number of benzene rings is 3. The van der Waals surface area contributed by atoms with E-state index in [2.05, 4.69) is 26.0 Å². The molecule has 1 aliphatic heterocycles. The Morgan fingerprint density at radius 2 is 1.65 bits per heavy atom. The Morgan fingerprint density at radius 1 is 0.968 bits per heavy atom. The van der Waals surface area contributed by atoms with Gasteiger partial charge in [-0.3, -0.25) is 14.9 Å². The Balaban J connectivity index is 1.75. The number of halogens is 1. The van der Waals surface area contributed by atoms with Crippen molar-refractivity contribution in [3.63, 3.8) is 0 Å². The molecule has 0 N–H and O–H groups in total. The largest absolute Gasteiger partial charge is 0.298 e. The number of amides is 1. The lowest BCUT2D eigenvalue weighted by atomic mass is 10.1. The van der Waals surface area contributed by atoms with Gasteiger partial charge in [-0.2, -0.15) is 10.1 Å². The minimum Gasteiger partial charge on any atom is -0.265 e. The number of nitrogens with zero attached hydrogens (tertiary/aromatic N) is 4. The summed E-state index contributed by atoms with van der Waals surface area (Å²) in [5.41, 5.74) is 1.78. The number of rotatable bonds is 5. The van der Waals surface area contributed by atoms with Crippen LogP contribution in [0.3, 0.4) is 0 Å². The Bertz CT molecular complexity index is 1240. The third kappa shape index (κ3) is 4.49. The first-order chi connectivity index (χ1) is 15.0. The van der Waals surface area contributed by atoms with Gasteiger partial charge in [-0.15, -0.1) is 0 Å². The molecule has 3 aromatic carbocycles. The Morgan fingerprint density at radius 3 is 2.35 bits per heavy atom. The van der Waals surface area contributed by atoms with E-state index in [0.29, 0.717) is 17.0 Å². The van der Waals surface area contributed by atoms with Crippen LogP contribution in [0.15, 0.2) is 99.1 Å². The van der Waals surface area contributed by atoms with Gasteiger partial charge >= 0.3 is 0 Å². The lowest BCUT2D eigenvalue weighted by Crippen LogP contribution is -2.27. The molecule has 0 saturated heterocycles. The fourth-order valence-electron chi connectivity index (χ4n) is 2.99. The third-order valence-corrected chi connectivity index (χ3v) is 5.02. The number of carbonyl (C=O) groups excluding carboxylic acids is 1. The van der Waals surface area contributed by atoms with Crippen LogP contribution in [-0.2, 0) is 4.79 Å². The summed E-state index contributed by atoms with van der Waals surface area (Å²) in [6, 6.07) is 22.8. The van der Waals surface area contributed by atoms with Crippen LogP contribution in [0.2, 0.25) is 0 Å². The molecule has 0 spiro atoms. The van der Waals surface area contributed by atoms with Crippen molar-refractivity contribution in [2.45, 2.75) is 0 Å². The highest BCUT2D eigenvalue weighted by atomic mass is 79.9. The highest BCUT2D eigenvalue weighted by molar-refractivity contribution is 9.10. The second-order valence-corrected chi connectivity index (χ2v) is 7.48. The summed E-state index contributed by atoms with van der Waals surface area (Å²) in [4.78, 5) is 28.4. The Hall–Kier alpha value is -3.91. The zero-order chi connectivity index (χ0) is 21.8. The van der Waals surface area contributed by atoms with Gasteiger partial charge in [-0.05, 0) is 29.8 Å². The predicted octanol–water partition coefficient (Wildman–Crippen LogP) is 5.02. The molecular weight excluding hydrogens is 460 g/mol. The Labute approximate surface area is 186 Å². The van der Waals surface area contributed by atoms with Crippen LogP contribution < -0.4 is 0 Å². The van der Waals surface area contributed by atoms with Crippen molar-refractivity contribution in [3.8, 4) is 0 Å². The van der Waals surface area contributed by atoms with E-state index in [-0.39, 0.29) is 11.4 Å². The van der Waals surface area contributed by atoms with E-state index < -0.39 is 10.8 Å². The zero-order valence-electron chi connectivity index (χ0n) is 16.1. The van der Waals surface area contributed by atoms with E-state index in [4.69, 9.17) is 0 Å². The average molecular weight is 475 g/mol. The molecule has 0 aromatic heterocycles. The van der Waals surface area contributed by atoms with Crippen molar-refractivity contribution >= 4 is 45.7 Å². The third-order valence-electron chi connectivity index (χ3n) is 4.49. The molecule has 1 heterocycles. The highest BCUT2D eigenvalue weighted by Gasteiger charge is 2.31. The normalized spacial score (nSPS) is 15.0. The van der Waals surface area contributed by atoms with E-state index in [1.807, 2.05) is 54.6 Å². The zero-order valence-corrected chi connectivity index (χ0v) is 17.6. The number of amidine groups is 1. The fourth-order valence-corrected chi connectivity index (χ4v) is 3.25. The second kappa shape index (κ2) is 8.85. The van der Waals surface area contributed by atoms with Gasteiger partial charge in [0.25, 0.3) is 11.6 Å². The molecule has 0 aliphatic carbocycles. The van der Waals surface area contributed by atoms with Crippen molar-refractivity contribution in [3.05, 3.63) is 116 Å². The number of hydrazone groups is 1. The van der Waals surface area contributed by atoms with Gasteiger partial charge in [0, 0.05) is 16.1 Å². The van der Waals surface area contributed by atoms with E-state index >= 15 is 0 Å². The molecule has 7 nitrogen and oxygen atoms in total. The first kappa shape index (κ1) is 20.4. The van der Waals surface area contributed by atoms with Gasteiger partial charge in [0.2, 0.25) is 0 Å². The molecule has 1 aliphatic rings. The van der Waals surface area contributed by atoms with E-state index in [0.717, 1.165) is 10.0 Å². The Kier molecular flexibility index (Phi) is 5.81. The van der Waals surface area contributed by atoms with Crippen LogP contribution >= 0.6 is 15.9 Å². The minimum absolute atomic E-state index is 0.0705. The molecule has 152 valence electrons. The van der Waals surface area contributed by atoms with Crippen LogP contribution in [0.4, 0.5) is 5.69 Å². The molecule has 0 bridgehead atoms. The summed E-state index contributed by atoms with van der Waals surface area (Å²) in [5, 5.41) is 16.9. The van der Waals surface area contributed by atoms with Crippen molar-refractivity contribution in [2.75, 3.05) is 0 Å². The van der Waals surface area contributed by atoms with Gasteiger partial charge in [-0.1, -0.05) is 70.5 Å². The predicted molar refractivity (Wildman–Crippen MR) is 123 cm³/mol. The second-order valence-electron chi connectivity index (χ2n) is 6.56. The molecule has 8 heteroatoms. The quantitative estimate of drug-likeness (QED) is 0.225. The molecule has 3 aromatic rings. The van der Waals surface area contributed by atoms with Gasteiger partial charge in [0.1, 0.15) is 5.70 Å². The highest BCUT2D eigenvalue weighted by Crippen LogP contribution is 2.26. The molecule has 0 radical (unpaired) electrons. The van der Waals surface area contributed by atoms with Crippen LogP contribution in [0.25, 0.3) is 6.08 Å². The number of hydrogen-bond acceptors (Lipinski definition) is 5. The molecule has 0 saturated carbocycles. The van der Waals surface area contributed by atoms with Gasteiger partial charge in [0.15, 0.2) is 5.84 Å². The molecular formula is C23H15BrN4O3. The van der Waals surface area contributed by atoms with Crippen LogP contribution in [0, 0.1) is 10.1 Å². The smallest absolute Gasteiger partial charge is 0.265 e. The number of nitro groups is 1. The number of aliphatic imine (C=N–C) groups is 1. The summed E-state index contributed by atoms with van der Waals surface area (Å²) in [6.45, 7) is 0. The minimum atomic E-state index is -0.489. The number of hydrogen-bond donors (Lipinski definition) is 0. The number of carbonyl (C=O) groups is 1. The maximum absolute atomic E-state index is 13.1. The molecule has 4 rings (SSSR count). The van der Waals surface area contributed by atoms with Crippen LogP contribution in [0.1, 0.15) is 16.7 Å². The number of nitro benzene ring substituents is 1. The monoisotopic (exact) mass is 474 g/mol. The first-order valence-electron chi connectivity index (χ1n) is 9.26. The molecule has 31 heavy (non-hydrogen) atoms. The van der Waals surface area contributed by atoms with E-state index in [1.165, 1.54) is 17.2 Å². The molecule has 0 fully saturated rings. The maximum atomic E-state index is 13.1. The van der Waals surface area contributed by atoms with Crippen molar-refractivity contribution in [1.82, 2.24) is 5.01 Å². The summed E-state index contributed by atoms with van der Waals surface area (Å²) >= 11 is 3.38. The van der Waals surface area contributed by atoms with Gasteiger partial charge in [-0.25, -0.2) is 4.99 Å². The van der Waals surface area contributed by atoms with Crippen LogP contribution in [-0.4, -0.2) is 27.9 Å². The van der Waals surface area contributed by atoms with Crippen LogP contribution in [0.5, 0.6) is 0 Å². The molecule has 0 atom stereocenters. The summed E-state index contributed by atoms with van der Waals surface area (Å²) in [7, 11) is 0. The average Bonchev–Trinajstić information content (AvgIpc) is 3.09. The van der Waals surface area contributed by atoms with E-state index in [1.54, 1.807) is 24.4 Å². The summed E-state index contributed by atoms with van der Waals surface area (Å²) < 4.78 is 0.933. The first-order valence-corrected chi connectivity index (χ1v) is 10.1. The standard InChI is InChI=1S/C23H15BrN4O3/c24-19-12-10-16(11-13-19)15-25-27-22(17-6-2-1-3-7-17)26-20(23(27)29)14-18-8-4-5-9-21(18)28(30)31/h1-15H/b20-14+,25-15+.